The fourth-order valence-corrected chi connectivity index (χ4v) is 2.81. The van der Waals surface area contributed by atoms with E-state index in [1.807, 2.05) is 19.1 Å². The molecule has 0 saturated heterocycles. The molecule has 24 heavy (non-hydrogen) atoms. The Morgan fingerprint density at radius 3 is 2.54 bits per heavy atom. The van der Waals surface area contributed by atoms with E-state index in [0.29, 0.717) is 11.3 Å². The highest BCUT2D eigenvalue weighted by molar-refractivity contribution is 7.89. The van der Waals surface area contributed by atoms with Crippen LogP contribution in [0.1, 0.15) is 21.5 Å². The minimum atomic E-state index is -3.95. The molecule has 0 unspecified atom stereocenters. The minimum absolute atomic E-state index is 0.0420. The highest BCUT2D eigenvalue weighted by Gasteiger charge is 2.17. The summed E-state index contributed by atoms with van der Waals surface area (Å²) >= 11 is 5.95. The van der Waals surface area contributed by atoms with Gasteiger partial charge in [0, 0.05) is 5.56 Å². The van der Waals surface area contributed by atoms with E-state index in [1.165, 1.54) is 19.2 Å². The first kappa shape index (κ1) is 18.3. The van der Waals surface area contributed by atoms with E-state index >= 15 is 0 Å². The van der Waals surface area contributed by atoms with Crippen molar-refractivity contribution in [3.05, 3.63) is 58.1 Å². The van der Waals surface area contributed by atoms with Crippen LogP contribution in [0.15, 0.2) is 41.3 Å². The highest BCUT2D eigenvalue weighted by Crippen LogP contribution is 2.23. The van der Waals surface area contributed by atoms with Crippen LogP contribution in [0.4, 0.5) is 0 Å². The first-order valence-corrected chi connectivity index (χ1v) is 8.78. The zero-order valence-electron chi connectivity index (χ0n) is 13.1. The maximum atomic E-state index is 12.2. The minimum Gasteiger partial charge on any atom is -0.496 e. The molecule has 0 fully saturated rings. The number of rotatable bonds is 5. The average molecular weight is 370 g/mol. The quantitative estimate of drug-likeness (QED) is 0.817. The van der Waals surface area contributed by atoms with Crippen molar-refractivity contribution in [1.29, 1.82) is 0 Å². The third-order valence-corrected chi connectivity index (χ3v) is 4.52. The third kappa shape index (κ3) is 4.25. The Bertz CT molecular complexity index is 880. The summed E-state index contributed by atoms with van der Waals surface area (Å²) in [5.74, 6) is -0.174. The molecule has 0 aliphatic heterocycles. The van der Waals surface area contributed by atoms with E-state index in [4.69, 9.17) is 26.2 Å². The van der Waals surface area contributed by atoms with Crippen LogP contribution in [0.25, 0.3) is 0 Å². The average Bonchev–Trinajstić information content (AvgIpc) is 2.52. The summed E-state index contributed by atoms with van der Waals surface area (Å²) in [4.78, 5) is 12.0. The Labute approximate surface area is 145 Å². The highest BCUT2D eigenvalue weighted by atomic mass is 35.5. The summed E-state index contributed by atoms with van der Waals surface area (Å²) in [6, 6.07) is 9.06. The lowest BCUT2D eigenvalue weighted by atomic mass is 10.1. The fraction of sp³-hybridized carbons (Fsp3) is 0.188. The van der Waals surface area contributed by atoms with Gasteiger partial charge in [-0.3, -0.25) is 0 Å². The molecule has 0 bridgehead atoms. The first-order chi connectivity index (χ1) is 11.2. The largest absolute Gasteiger partial charge is 0.496 e. The topological polar surface area (TPSA) is 95.7 Å². The molecule has 0 radical (unpaired) electrons. The van der Waals surface area contributed by atoms with E-state index in [2.05, 4.69) is 0 Å². The lowest BCUT2D eigenvalue weighted by Crippen LogP contribution is -2.14. The number of carbonyl (C=O) groups is 1. The van der Waals surface area contributed by atoms with Gasteiger partial charge in [-0.15, -0.1) is 0 Å². The van der Waals surface area contributed by atoms with Crippen molar-refractivity contribution in [3.8, 4) is 5.75 Å². The van der Waals surface area contributed by atoms with Gasteiger partial charge in [0.1, 0.15) is 12.4 Å². The Hall–Kier alpha value is -2.09. The zero-order valence-corrected chi connectivity index (χ0v) is 14.6. The molecule has 2 rings (SSSR count). The number of nitrogens with two attached hydrogens (primary N) is 1. The Morgan fingerprint density at radius 2 is 1.92 bits per heavy atom. The first-order valence-electron chi connectivity index (χ1n) is 6.85. The number of benzene rings is 2. The van der Waals surface area contributed by atoms with Crippen molar-refractivity contribution in [2.45, 2.75) is 18.4 Å². The van der Waals surface area contributed by atoms with Gasteiger partial charge in [0.15, 0.2) is 0 Å². The lowest BCUT2D eigenvalue weighted by Gasteiger charge is -2.11. The van der Waals surface area contributed by atoms with Gasteiger partial charge < -0.3 is 9.47 Å². The Kier molecular flexibility index (Phi) is 5.48. The van der Waals surface area contributed by atoms with E-state index in [1.54, 1.807) is 6.07 Å². The molecular formula is C16H16ClNO5S. The van der Waals surface area contributed by atoms with Crippen LogP contribution in [-0.2, 0) is 21.4 Å². The van der Waals surface area contributed by atoms with Crippen LogP contribution in [0, 0.1) is 6.92 Å². The number of aryl methyl sites for hydroxylation is 1. The van der Waals surface area contributed by atoms with E-state index in [-0.39, 0.29) is 22.1 Å². The van der Waals surface area contributed by atoms with Crippen molar-refractivity contribution >= 4 is 27.6 Å². The van der Waals surface area contributed by atoms with E-state index in [9.17, 15) is 13.2 Å². The van der Waals surface area contributed by atoms with Gasteiger partial charge >= 0.3 is 5.97 Å². The van der Waals surface area contributed by atoms with Gasteiger partial charge in [0.25, 0.3) is 0 Å². The van der Waals surface area contributed by atoms with Gasteiger partial charge in [-0.05, 0) is 37.3 Å². The molecular weight excluding hydrogens is 354 g/mol. The molecule has 0 saturated carbocycles. The molecule has 2 aromatic rings. The third-order valence-electron chi connectivity index (χ3n) is 3.28. The van der Waals surface area contributed by atoms with Crippen LogP contribution < -0.4 is 9.88 Å². The predicted octanol–water partition coefficient (Wildman–Crippen LogP) is 2.66. The second-order valence-electron chi connectivity index (χ2n) is 5.08. The van der Waals surface area contributed by atoms with Crippen molar-refractivity contribution in [1.82, 2.24) is 0 Å². The molecule has 8 heteroatoms. The normalized spacial score (nSPS) is 11.2. The molecule has 0 aromatic heterocycles. The Morgan fingerprint density at radius 1 is 1.21 bits per heavy atom. The van der Waals surface area contributed by atoms with Gasteiger partial charge in [-0.25, -0.2) is 18.4 Å². The maximum absolute atomic E-state index is 12.2. The second kappa shape index (κ2) is 7.21. The second-order valence-corrected chi connectivity index (χ2v) is 7.05. The number of esters is 1. The van der Waals surface area contributed by atoms with Crippen molar-refractivity contribution < 1.29 is 22.7 Å². The summed E-state index contributed by atoms with van der Waals surface area (Å²) in [5, 5.41) is 5.13. The summed E-state index contributed by atoms with van der Waals surface area (Å²) in [5.41, 5.74) is 1.59. The number of halogens is 1. The number of ether oxygens (including phenoxy) is 2. The predicted molar refractivity (Wildman–Crippen MR) is 89.7 cm³/mol. The summed E-state index contributed by atoms with van der Waals surface area (Å²) in [7, 11) is -2.43. The molecule has 0 amide bonds. The van der Waals surface area contributed by atoms with Crippen molar-refractivity contribution in [3.63, 3.8) is 0 Å². The summed E-state index contributed by atoms with van der Waals surface area (Å²) in [6.45, 7) is 1.86. The van der Waals surface area contributed by atoms with Gasteiger partial charge in [0.05, 0.1) is 22.6 Å². The molecule has 2 N–H and O–H groups in total. The van der Waals surface area contributed by atoms with E-state index < -0.39 is 16.0 Å². The van der Waals surface area contributed by atoms with Crippen molar-refractivity contribution in [2.75, 3.05) is 7.11 Å². The van der Waals surface area contributed by atoms with Gasteiger partial charge in [-0.2, -0.15) is 0 Å². The molecule has 0 aliphatic rings. The molecule has 0 aliphatic carbocycles. The molecule has 0 atom stereocenters. The molecule has 0 spiro atoms. The van der Waals surface area contributed by atoms with Gasteiger partial charge in [-0.1, -0.05) is 23.2 Å². The van der Waals surface area contributed by atoms with Crippen LogP contribution in [0.2, 0.25) is 5.02 Å². The number of hydrogen-bond donors (Lipinski definition) is 1. The molecule has 6 nitrogen and oxygen atoms in total. The fourth-order valence-electron chi connectivity index (χ4n) is 2.08. The van der Waals surface area contributed by atoms with Crippen LogP contribution in [-0.4, -0.2) is 21.5 Å². The summed E-state index contributed by atoms with van der Waals surface area (Å²) in [6.07, 6.45) is 0. The SMILES string of the molecule is COc1ccc(C)cc1COC(=O)c1cc(S(N)(=O)=O)ccc1Cl. The zero-order chi connectivity index (χ0) is 17.9. The number of primary sulfonamides is 1. The standard InChI is InChI=1S/C16H16ClNO5S/c1-10-3-6-15(22-2)11(7-10)9-23-16(19)13-8-12(24(18,20)21)4-5-14(13)17/h3-8H,9H2,1-2H3,(H2,18,20,21). The number of methoxy groups -OCH3 is 1. The number of hydrogen-bond acceptors (Lipinski definition) is 5. The number of carbonyl (C=O) groups excluding carboxylic acids is 1. The lowest BCUT2D eigenvalue weighted by molar-refractivity contribution is 0.0470. The number of sulfonamides is 1. The maximum Gasteiger partial charge on any atom is 0.340 e. The van der Waals surface area contributed by atoms with Gasteiger partial charge in [0.2, 0.25) is 10.0 Å². The molecule has 2 aromatic carbocycles. The smallest absolute Gasteiger partial charge is 0.340 e. The summed E-state index contributed by atoms with van der Waals surface area (Å²) < 4.78 is 33.2. The van der Waals surface area contributed by atoms with E-state index in [0.717, 1.165) is 11.6 Å². The Balaban J connectivity index is 2.24. The molecule has 128 valence electrons. The van der Waals surface area contributed by atoms with Crippen LogP contribution in [0.3, 0.4) is 0 Å². The van der Waals surface area contributed by atoms with Crippen LogP contribution >= 0.6 is 11.6 Å². The monoisotopic (exact) mass is 369 g/mol. The van der Waals surface area contributed by atoms with Crippen molar-refractivity contribution in [2.24, 2.45) is 5.14 Å². The molecule has 0 heterocycles. The van der Waals surface area contributed by atoms with Crippen LogP contribution in [0.5, 0.6) is 5.75 Å².